The number of hydrogen-bond acceptors (Lipinski definition) is 8. The van der Waals surface area contributed by atoms with Gasteiger partial charge in [0, 0.05) is 55.9 Å². The Morgan fingerprint density at radius 1 is 1.08 bits per heavy atom. The third kappa shape index (κ3) is 5.39. The first-order valence-corrected chi connectivity index (χ1v) is 12.6. The van der Waals surface area contributed by atoms with Crippen molar-refractivity contribution in [3.8, 4) is 18.2 Å². The van der Waals surface area contributed by atoms with Gasteiger partial charge in [-0.15, -0.1) is 6.42 Å². The van der Waals surface area contributed by atoms with Gasteiger partial charge in [0.15, 0.2) is 11.5 Å². The number of rotatable bonds is 7. The van der Waals surface area contributed by atoms with Crippen LogP contribution in [0.5, 0.6) is 0 Å². The van der Waals surface area contributed by atoms with Crippen molar-refractivity contribution in [3.05, 3.63) is 64.7 Å². The Morgan fingerprint density at radius 3 is 2.50 bits per heavy atom. The van der Waals surface area contributed by atoms with E-state index in [0.717, 1.165) is 31.9 Å². The maximum atomic E-state index is 13.2. The number of terminal acetylenes is 1. The fraction of sp³-hybridized carbons (Fsp3) is 0.357. The molecular weight excluding hydrogens is 480 g/mol. The van der Waals surface area contributed by atoms with Crippen molar-refractivity contribution in [3.63, 3.8) is 0 Å². The largest absolute Gasteiger partial charge is 0.390 e. The Morgan fingerprint density at radius 2 is 1.82 bits per heavy atom. The molecule has 0 unspecified atom stereocenters. The molecule has 1 saturated heterocycles. The molecule has 1 aliphatic rings. The van der Waals surface area contributed by atoms with Crippen molar-refractivity contribution in [2.45, 2.75) is 32.4 Å². The van der Waals surface area contributed by atoms with Crippen molar-refractivity contribution in [1.29, 1.82) is 0 Å². The molecule has 2 N–H and O–H groups in total. The molecule has 38 heavy (non-hydrogen) atoms. The Hall–Kier alpha value is -4.20. The van der Waals surface area contributed by atoms with E-state index in [0.29, 0.717) is 34.9 Å². The van der Waals surface area contributed by atoms with E-state index < -0.39 is 5.60 Å². The summed E-state index contributed by atoms with van der Waals surface area (Å²) in [4.78, 5) is 31.6. The second kappa shape index (κ2) is 10.3. The zero-order valence-electron chi connectivity index (χ0n) is 21.9. The highest BCUT2D eigenvalue weighted by Crippen LogP contribution is 2.22. The number of aromatic nitrogens is 5. The predicted molar refractivity (Wildman–Crippen MR) is 149 cm³/mol. The molecule has 4 aromatic rings. The minimum Gasteiger partial charge on any atom is -0.390 e. The fourth-order valence-corrected chi connectivity index (χ4v) is 4.63. The summed E-state index contributed by atoms with van der Waals surface area (Å²) in [6.07, 6.45) is 7.45. The lowest BCUT2D eigenvalue weighted by atomic mass is 10.0. The van der Waals surface area contributed by atoms with Gasteiger partial charge in [-0.05, 0) is 57.3 Å². The topological polar surface area (TPSA) is 104 Å². The number of benzene rings is 1. The zero-order chi connectivity index (χ0) is 26.9. The molecule has 10 heteroatoms. The summed E-state index contributed by atoms with van der Waals surface area (Å²) in [6, 6.07) is 13.6. The molecule has 0 amide bonds. The van der Waals surface area contributed by atoms with E-state index >= 15 is 0 Å². The quantitative estimate of drug-likeness (QED) is 0.364. The molecule has 0 spiro atoms. The van der Waals surface area contributed by atoms with Crippen molar-refractivity contribution in [2.75, 3.05) is 43.4 Å². The second-order valence-electron chi connectivity index (χ2n) is 10.2. The van der Waals surface area contributed by atoms with Gasteiger partial charge >= 0.3 is 0 Å². The van der Waals surface area contributed by atoms with Crippen LogP contribution in [0.25, 0.3) is 16.9 Å². The third-order valence-corrected chi connectivity index (χ3v) is 6.53. The Labute approximate surface area is 221 Å². The van der Waals surface area contributed by atoms with E-state index in [1.54, 1.807) is 24.6 Å². The normalized spacial score (nSPS) is 14.6. The second-order valence-corrected chi connectivity index (χ2v) is 10.2. The lowest BCUT2D eigenvalue weighted by Gasteiger charge is -2.34. The molecule has 0 aliphatic carbocycles. The maximum absolute atomic E-state index is 13.2. The monoisotopic (exact) mass is 512 g/mol. The molecule has 0 bridgehead atoms. The van der Waals surface area contributed by atoms with Crippen LogP contribution in [0.3, 0.4) is 0 Å². The number of nitrogens with one attached hydrogen (secondary N) is 1. The lowest BCUT2D eigenvalue weighted by molar-refractivity contribution is 0.0799. The number of likely N-dealkylation sites (N-methyl/N-ethyl adjacent to an activating group) is 1. The van der Waals surface area contributed by atoms with Crippen LogP contribution in [0.2, 0.25) is 0 Å². The summed E-state index contributed by atoms with van der Waals surface area (Å²) in [5, 5.41) is 13.9. The van der Waals surface area contributed by atoms with Crippen LogP contribution in [0, 0.1) is 12.3 Å². The van der Waals surface area contributed by atoms with Crippen LogP contribution in [-0.4, -0.2) is 73.1 Å². The summed E-state index contributed by atoms with van der Waals surface area (Å²) in [6.45, 7) is 7.59. The molecule has 1 fully saturated rings. The first-order chi connectivity index (χ1) is 18.2. The van der Waals surface area contributed by atoms with E-state index in [4.69, 9.17) is 11.4 Å². The Kier molecular flexibility index (Phi) is 6.89. The van der Waals surface area contributed by atoms with Crippen LogP contribution in [0.1, 0.15) is 19.5 Å². The van der Waals surface area contributed by atoms with Gasteiger partial charge in [0.05, 0.1) is 5.60 Å². The minimum absolute atomic E-state index is 0.0448. The van der Waals surface area contributed by atoms with Crippen molar-refractivity contribution < 1.29 is 5.11 Å². The summed E-state index contributed by atoms with van der Waals surface area (Å²) < 4.78 is 3.04. The highest BCUT2D eigenvalue weighted by molar-refractivity contribution is 5.77. The van der Waals surface area contributed by atoms with Gasteiger partial charge in [-0.1, -0.05) is 12.0 Å². The van der Waals surface area contributed by atoms with Crippen LogP contribution < -0.4 is 15.8 Å². The smallest absolute Gasteiger partial charge is 0.279 e. The maximum Gasteiger partial charge on any atom is 0.279 e. The molecular formula is C28H32N8O2. The van der Waals surface area contributed by atoms with E-state index in [1.165, 1.54) is 16.6 Å². The van der Waals surface area contributed by atoms with Gasteiger partial charge in [-0.3, -0.25) is 4.79 Å². The lowest BCUT2D eigenvalue weighted by Crippen LogP contribution is -2.44. The number of pyridine rings is 1. The number of hydrogen-bond donors (Lipinski definition) is 2. The van der Waals surface area contributed by atoms with Gasteiger partial charge < -0.3 is 20.2 Å². The first-order valence-electron chi connectivity index (χ1n) is 12.6. The Bertz CT molecular complexity index is 1530. The summed E-state index contributed by atoms with van der Waals surface area (Å²) in [7, 11) is 2.14. The zero-order valence-corrected chi connectivity index (χ0v) is 21.9. The highest BCUT2D eigenvalue weighted by Gasteiger charge is 2.20. The number of aliphatic hydroxyl groups is 1. The third-order valence-electron chi connectivity index (χ3n) is 6.53. The number of anilines is 3. The van der Waals surface area contributed by atoms with Crippen LogP contribution >= 0.6 is 0 Å². The summed E-state index contributed by atoms with van der Waals surface area (Å²) in [5.41, 5.74) is 1.87. The van der Waals surface area contributed by atoms with E-state index in [9.17, 15) is 9.90 Å². The van der Waals surface area contributed by atoms with E-state index in [-0.39, 0.29) is 12.1 Å². The SMILES string of the molecule is C#CCn1c(=O)c2cnc(Nc3ccc(N4CCN(C)CC4)cc3)nc2n1-c1cccc(CC(C)(C)O)n1. The molecule has 0 atom stereocenters. The molecule has 5 rings (SSSR count). The van der Waals surface area contributed by atoms with Crippen molar-refractivity contribution in [2.24, 2.45) is 0 Å². The molecule has 10 nitrogen and oxygen atoms in total. The van der Waals surface area contributed by atoms with Crippen molar-refractivity contribution >= 4 is 28.4 Å². The first kappa shape index (κ1) is 25.4. The van der Waals surface area contributed by atoms with Crippen LogP contribution in [0.4, 0.5) is 17.3 Å². The highest BCUT2D eigenvalue weighted by atomic mass is 16.3. The van der Waals surface area contributed by atoms with Crippen LogP contribution in [0.15, 0.2) is 53.5 Å². The molecule has 1 aliphatic heterocycles. The minimum atomic E-state index is -0.929. The summed E-state index contributed by atoms with van der Waals surface area (Å²) >= 11 is 0. The van der Waals surface area contributed by atoms with Gasteiger partial charge in [0.2, 0.25) is 5.95 Å². The average Bonchev–Trinajstić information content (AvgIpc) is 3.15. The summed E-state index contributed by atoms with van der Waals surface area (Å²) in [5.74, 6) is 3.37. The van der Waals surface area contributed by atoms with Crippen molar-refractivity contribution in [1.82, 2.24) is 29.2 Å². The van der Waals surface area contributed by atoms with Gasteiger partial charge in [0.25, 0.3) is 5.56 Å². The molecule has 0 radical (unpaired) electrons. The number of fused-ring (bicyclic) bond motifs is 1. The molecule has 196 valence electrons. The number of nitrogens with zero attached hydrogens (tertiary/aromatic N) is 7. The standard InChI is InChI=1S/C28H32N8O2/c1-5-13-35-26(37)23-19-29-27(31-20-9-11-22(12-10-20)34-16-14-33(4)15-17-34)32-25(23)36(35)24-8-6-7-21(30-24)18-28(2,3)38/h1,6-12,19,38H,13-18H2,2-4H3,(H,29,31,32). The fourth-order valence-electron chi connectivity index (χ4n) is 4.63. The van der Waals surface area contributed by atoms with Gasteiger partial charge in [-0.25, -0.2) is 19.3 Å². The molecule has 3 aromatic heterocycles. The van der Waals surface area contributed by atoms with E-state index in [1.807, 2.05) is 24.3 Å². The Balaban J connectivity index is 1.48. The van der Waals surface area contributed by atoms with E-state index in [2.05, 4.69) is 50.2 Å². The van der Waals surface area contributed by atoms with Gasteiger partial charge in [-0.2, -0.15) is 4.98 Å². The van der Waals surface area contributed by atoms with Gasteiger partial charge in [0.1, 0.15) is 11.9 Å². The predicted octanol–water partition coefficient (Wildman–Crippen LogP) is 2.42. The number of piperazine rings is 1. The van der Waals surface area contributed by atoms with Crippen LogP contribution in [-0.2, 0) is 13.0 Å². The molecule has 1 aromatic carbocycles. The molecule has 4 heterocycles. The molecule has 0 saturated carbocycles. The average molecular weight is 513 g/mol.